The molecule has 0 radical (unpaired) electrons. The van der Waals surface area contributed by atoms with Gasteiger partial charge in [0.25, 0.3) is 0 Å². The van der Waals surface area contributed by atoms with E-state index in [-0.39, 0.29) is 0 Å². The van der Waals surface area contributed by atoms with Crippen LogP contribution < -0.4 is 4.90 Å². The summed E-state index contributed by atoms with van der Waals surface area (Å²) in [6.07, 6.45) is 2.37. The van der Waals surface area contributed by atoms with Crippen molar-refractivity contribution >= 4 is 15.8 Å². The van der Waals surface area contributed by atoms with Gasteiger partial charge in [0, 0.05) is 32.4 Å². The molecular formula is C12H19N3O3S. The molecule has 0 amide bonds. The Kier molecular flexibility index (Phi) is 4.07. The molecule has 7 heteroatoms. The van der Waals surface area contributed by atoms with Crippen molar-refractivity contribution in [2.75, 3.05) is 37.3 Å². The fourth-order valence-electron chi connectivity index (χ4n) is 2.12. The Morgan fingerprint density at radius 3 is 2.47 bits per heavy atom. The molecule has 1 aliphatic rings. The minimum atomic E-state index is -3.11. The van der Waals surface area contributed by atoms with Crippen molar-refractivity contribution in [3.8, 4) is 0 Å². The van der Waals surface area contributed by atoms with Crippen LogP contribution in [-0.2, 0) is 10.0 Å². The molecule has 2 rings (SSSR count). The van der Waals surface area contributed by atoms with Gasteiger partial charge in [0.05, 0.1) is 12.4 Å². The number of sulfonamides is 1. The number of aliphatic hydroxyl groups excluding tert-OH is 1. The van der Waals surface area contributed by atoms with Crippen molar-refractivity contribution in [1.29, 1.82) is 0 Å². The van der Waals surface area contributed by atoms with Crippen molar-refractivity contribution in [1.82, 2.24) is 9.29 Å². The monoisotopic (exact) mass is 285 g/mol. The minimum Gasteiger partial charge on any atom is -0.389 e. The molecule has 1 aromatic heterocycles. The molecule has 1 unspecified atom stereocenters. The summed E-state index contributed by atoms with van der Waals surface area (Å²) in [5.74, 6) is 0.784. The Bertz CT molecular complexity index is 537. The highest BCUT2D eigenvalue weighted by atomic mass is 32.2. The summed E-state index contributed by atoms with van der Waals surface area (Å²) in [5.41, 5.74) is 0.815. The molecule has 2 heterocycles. The molecule has 0 aromatic carbocycles. The zero-order valence-corrected chi connectivity index (χ0v) is 12.0. The topological polar surface area (TPSA) is 73.7 Å². The van der Waals surface area contributed by atoms with Crippen LogP contribution in [0, 0.1) is 0 Å². The zero-order chi connectivity index (χ0) is 14.0. The number of aromatic nitrogens is 1. The second kappa shape index (κ2) is 5.44. The molecule has 19 heavy (non-hydrogen) atoms. The lowest BCUT2D eigenvalue weighted by atomic mass is 10.1. The van der Waals surface area contributed by atoms with Crippen LogP contribution >= 0.6 is 0 Å². The van der Waals surface area contributed by atoms with E-state index in [1.54, 1.807) is 19.2 Å². The van der Waals surface area contributed by atoms with Crippen LogP contribution in [0.5, 0.6) is 0 Å². The SMILES string of the molecule is CC(O)c1ccnc(N2CCN(S(C)(=O)=O)CC2)c1. The van der Waals surface area contributed by atoms with E-state index >= 15 is 0 Å². The van der Waals surface area contributed by atoms with Gasteiger partial charge >= 0.3 is 0 Å². The Hall–Kier alpha value is -1.18. The normalized spacial score (nSPS) is 19.4. The summed E-state index contributed by atoms with van der Waals surface area (Å²) in [4.78, 5) is 6.31. The number of pyridine rings is 1. The second-order valence-corrected chi connectivity index (χ2v) is 6.75. The largest absolute Gasteiger partial charge is 0.389 e. The number of piperazine rings is 1. The maximum atomic E-state index is 11.4. The van der Waals surface area contributed by atoms with Gasteiger partial charge in [-0.15, -0.1) is 0 Å². The minimum absolute atomic E-state index is 0.472. The maximum absolute atomic E-state index is 11.4. The highest BCUT2D eigenvalue weighted by Gasteiger charge is 2.24. The van der Waals surface area contributed by atoms with E-state index in [0.717, 1.165) is 11.4 Å². The van der Waals surface area contributed by atoms with Crippen LogP contribution in [0.4, 0.5) is 5.82 Å². The first-order valence-electron chi connectivity index (χ1n) is 6.22. The molecule has 0 bridgehead atoms. The predicted octanol–water partition coefficient (Wildman–Crippen LogP) is 0.217. The molecule has 1 saturated heterocycles. The first kappa shape index (κ1) is 14.2. The molecule has 0 aliphatic carbocycles. The Balaban J connectivity index is 2.07. The van der Waals surface area contributed by atoms with Gasteiger partial charge in [-0.1, -0.05) is 0 Å². The smallest absolute Gasteiger partial charge is 0.211 e. The van der Waals surface area contributed by atoms with Crippen LogP contribution in [0.25, 0.3) is 0 Å². The first-order chi connectivity index (χ1) is 8.88. The molecular weight excluding hydrogens is 266 g/mol. The third kappa shape index (κ3) is 3.43. The van der Waals surface area contributed by atoms with Crippen molar-refractivity contribution in [3.05, 3.63) is 23.9 Å². The highest BCUT2D eigenvalue weighted by Crippen LogP contribution is 2.19. The first-order valence-corrected chi connectivity index (χ1v) is 8.07. The third-order valence-electron chi connectivity index (χ3n) is 3.28. The van der Waals surface area contributed by atoms with E-state index in [1.807, 2.05) is 11.0 Å². The van der Waals surface area contributed by atoms with Gasteiger partial charge in [-0.05, 0) is 24.6 Å². The standard InChI is InChI=1S/C12H19N3O3S/c1-10(16)11-3-4-13-12(9-11)14-5-7-15(8-6-14)19(2,17)18/h3-4,9-10,16H,5-8H2,1-2H3. The van der Waals surface area contributed by atoms with E-state index in [9.17, 15) is 13.5 Å². The summed E-state index contributed by atoms with van der Waals surface area (Å²) in [6.45, 7) is 3.88. The van der Waals surface area contributed by atoms with Crippen molar-refractivity contribution in [2.45, 2.75) is 13.0 Å². The van der Waals surface area contributed by atoms with Crippen LogP contribution in [0.15, 0.2) is 18.3 Å². The molecule has 0 spiro atoms. The van der Waals surface area contributed by atoms with Crippen molar-refractivity contribution in [2.24, 2.45) is 0 Å². The molecule has 1 N–H and O–H groups in total. The lowest BCUT2D eigenvalue weighted by Crippen LogP contribution is -2.48. The van der Waals surface area contributed by atoms with Gasteiger partial charge in [-0.2, -0.15) is 4.31 Å². The Morgan fingerprint density at radius 2 is 1.95 bits per heavy atom. The number of anilines is 1. The molecule has 1 aliphatic heterocycles. The second-order valence-electron chi connectivity index (χ2n) is 4.77. The van der Waals surface area contributed by atoms with Gasteiger partial charge in [-0.25, -0.2) is 13.4 Å². The molecule has 0 saturated carbocycles. The molecule has 6 nitrogen and oxygen atoms in total. The van der Waals surface area contributed by atoms with Crippen LogP contribution in [0.1, 0.15) is 18.6 Å². The molecule has 1 atom stereocenters. The summed E-state index contributed by atoms with van der Waals surface area (Å²) in [6, 6.07) is 3.63. The van der Waals surface area contributed by atoms with Gasteiger partial charge < -0.3 is 10.0 Å². The number of hydrogen-bond donors (Lipinski definition) is 1. The average molecular weight is 285 g/mol. The number of nitrogens with zero attached hydrogens (tertiary/aromatic N) is 3. The summed E-state index contributed by atoms with van der Waals surface area (Å²) in [5, 5.41) is 9.56. The van der Waals surface area contributed by atoms with Crippen LogP contribution in [0.3, 0.4) is 0 Å². The highest BCUT2D eigenvalue weighted by molar-refractivity contribution is 7.88. The van der Waals surface area contributed by atoms with Crippen LogP contribution in [0.2, 0.25) is 0 Å². The van der Waals surface area contributed by atoms with Gasteiger partial charge in [0.2, 0.25) is 10.0 Å². The van der Waals surface area contributed by atoms with Crippen molar-refractivity contribution in [3.63, 3.8) is 0 Å². The van der Waals surface area contributed by atoms with E-state index in [1.165, 1.54) is 10.6 Å². The molecule has 1 aromatic rings. The fourth-order valence-corrected chi connectivity index (χ4v) is 2.94. The third-order valence-corrected chi connectivity index (χ3v) is 4.59. The Morgan fingerprint density at radius 1 is 1.32 bits per heavy atom. The van der Waals surface area contributed by atoms with Gasteiger partial charge in [0.1, 0.15) is 5.82 Å². The van der Waals surface area contributed by atoms with Gasteiger partial charge in [-0.3, -0.25) is 0 Å². The lowest BCUT2D eigenvalue weighted by molar-refractivity contribution is 0.199. The molecule has 1 fully saturated rings. The summed E-state index contributed by atoms with van der Waals surface area (Å²) >= 11 is 0. The van der Waals surface area contributed by atoms with Crippen molar-refractivity contribution < 1.29 is 13.5 Å². The Labute approximate surface area is 113 Å². The lowest BCUT2D eigenvalue weighted by Gasteiger charge is -2.34. The number of hydrogen-bond acceptors (Lipinski definition) is 5. The fraction of sp³-hybridized carbons (Fsp3) is 0.583. The van der Waals surface area contributed by atoms with E-state index < -0.39 is 16.1 Å². The summed E-state index contributed by atoms with van der Waals surface area (Å²) in [7, 11) is -3.11. The predicted molar refractivity (Wildman–Crippen MR) is 73.5 cm³/mol. The van der Waals surface area contributed by atoms with E-state index in [0.29, 0.717) is 26.2 Å². The quantitative estimate of drug-likeness (QED) is 0.860. The zero-order valence-electron chi connectivity index (χ0n) is 11.2. The summed E-state index contributed by atoms with van der Waals surface area (Å²) < 4.78 is 24.3. The number of aliphatic hydroxyl groups is 1. The average Bonchev–Trinajstić information content (AvgIpc) is 2.38. The van der Waals surface area contributed by atoms with Gasteiger partial charge in [0.15, 0.2) is 0 Å². The van der Waals surface area contributed by atoms with Crippen LogP contribution in [-0.4, -0.2) is 55.2 Å². The van der Waals surface area contributed by atoms with E-state index in [2.05, 4.69) is 4.98 Å². The maximum Gasteiger partial charge on any atom is 0.211 e. The number of rotatable bonds is 3. The molecule has 106 valence electrons. The van der Waals surface area contributed by atoms with E-state index in [4.69, 9.17) is 0 Å².